The molecule has 0 aliphatic heterocycles. The maximum atomic E-state index is 12.3. The minimum absolute atomic E-state index is 0.123. The molecule has 0 spiro atoms. The summed E-state index contributed by atoms with van der Waals surface area (Å²) in [6.45, 7) is 0. The molecule has 1 heterocycles. The average molecular weight is 279 g/mol. The highest BCUT2D eigenvalue weighted by Gasteiger charge is 2.22. The zero-order valence-electron chi connectivity index (χ0n) is 10.5. The van der Waals surface area contributed by atoms with Gasteiger partial charge >= 0.3 is 0 Å². The molecule has 0 aliphatic carbocycles. The Morgan fingerprint density at radius 1 is 1.11 bits per heavy atom. The fraction of sp³-hybridized carbons (Fsp3) is 0.167. The molecule has 7 heteroatoms. The van der Waals surface area contributed by atoms with Gasteiger partial charge in [-0.2, -0.15) is 0 Å². The molecule has 2 rings (SSSR count). The average Bonchev–Trinajstić information content (AvgIpc) is 2.47. The number of hydrogen-bond donors (Lipinski definition) is 0. The summed E-state index contributed by atoms with van der Waals surface area (Å²) in [5.74, 6) is 0.718. The lowest BCUT2D eigenvalue weighted by atomic mass is 10.3. The van der Waals surface area contributed by atoms with Gasteiger partial charge in [-0.1, -0.05) is 0 Å². The van der Waals surface area contributed by atoms with Crippen LogP contribution in [0.4, 0.5) is 5.95 Å². The second-order valence-electron chi connectivity index (χ2n) is 3.70. The molecule has 1 aromatic carbocycles. The zero-order valence-corrected chi connectivity index (χ0v) is 11.3. The molecule has 0 saturated carbocycles. The van der Waals surface area contributed by atoms with Crippen molar-refractivity contribution in [1.82, 2.24) is 9.97 Å². The van der Waals surface area contributed by atoms with E-state index in [0.29, 0.717) is 5.75 Å². The van der Waals surface area contributed by atoms with Gasteiger partial charge in [0.25, 0.3) is 10.0 Å². The van der Waals surface area contributed by atoms with Gasteiger partial charge in [0.2, 0.25) is 5.95 Å². The van der Waals surface area contributed by atoms with E-state index in [4.69, 9.17) is 4.74 Å². The Morgan fingerprint density at radius 3 is 2.21 bits per heavy atom. The Morgan fingerprint density at radius 2 is 1.68 bits per heavy atom. The van der Waals surface area contributed by atoms with E-state index in [1.165, 1.54) is 38.7 Å². The molecule has 100 valence electrons. The summed E-state index contributed by atoms with van der Waals surface area (Å²) < 4.78 is 30.7. The highest BCUT2D eigenvalue weighted by atomic mass is 32.2. The van der Waals surface area contributed by atoms with Crippen LogP contribution in [0.1, 0.15) is 0 Å². The first-order valence-corrected chi connectivity index (χ1v) is 6.89. The van der Waals surface area contributed by atoms with E-state index in [-0.39, 0.29) is 10.8 Å². The zero-order chi connectivity index (χ0) is 13.9. The van der Waals surface area contributed by atoms with Gasteiger partial charge in [0.15, 0.2) is 0 Å². The number of hydrogen-bond acceptors (Lipinski definition) is 5. The summed E-state index contributed by atoms with van der Waals surface area (Å²) in [6.07, 6.45) is 2.98. The van der Waals surface area contributed by atoms with Gasteiger partial charge in [-0.3, -0.25) is 0 Å². The molecule has 1 aromatic heterocycles. The maximum Gasteiger partial charge on any atom is 0.266 e. The quantitative estimate of drug-likeness (QED) is 0.843. The van der Waals surface area contributed by atoms with Crippen molar-refractivity contribution < 1.29 is 13.2 Å². The van der Waals surface area contributed by atoms with Crippen molar-refractivity contribution in [2.24, 2.45) is 0 Å². The third kappa shape index (κ3) is 2.65. The highest BCUT2D eigenvalue weighted by molar-refractivity contribution is 7.92. The van der Waals surface area contributed by atoms with E-state index in [1.54, 1.807) is 18.2 Å². The first-order valence-electron chi connectivity index (χ1n) is 5.45. The van der Waals surface area contributed by atoms with Crippen LogP contribution in [-0.4, -0.2) is 32.5 Å². The summed E-state index contributed by atoms with van der Waals surface area (Å²) in [5.41, 5.74) is 0. The molecule has 0 atom stereocenters. The lowest BCUT2D eigenvalue weighted by molar-refractivity contribution is 0.414. The fourth-order valence-electron chi connectivity index (χ4n) is 1.47. The van der Waals surface area contributed by atoms with Crippen LogP contribution in [0.25, 0.3) is 0 Å². The normalized spacial score (nSPS) is 11.1. The SMILES string of the molecule is COc1ccc(S(=O)(=O)N(C)c2ncccn2)cc1. The van der Waals surface area contributed by atoms with Crippen molar-refractivity contribution in [3.8, 4) is 5.75 Å². The summed E-state index contributed by atoms with van der Waals surface area (Å²) in [4.78, 5) is 7.99. The van der Waals surface area contributed by atoms with Crippen LogP contribution in [0.5, 0.6) is 5.75 Å². The van der Waals surface area contributed by atoms with E-state index in [1.807, 2.05) is 0 Å². The smallest absolute Gasteiger partial charge is 0.266 e. The molecular weight excluding hydrogens is 266 g/mol. The van der Waals surface area contributed by atoms with Gasteiger partial charge in [-0.15, -0.1) is 0 Å². The molecule has 0 amide bonds. The molecule has 0 saturated heterocycles. The largest absolute Gasteiger partial charge is 0.497 e. The van der Waals surface area contributed by atoms with E-state index in [0.717, 1.165) is 4.31 Å². The maximum absolute atomic E-state index is 12.3. The van der Waals surface area contributed by atoms with Crippen LogP contribution in [0.15, 0.2) is 47.6 Å². The van der Waals surface area contributed by atoms with Gasteiger partial charge in [-0.05, 0) is 30.3 Å². The number of nitrogens with zero attached hydrogens (tertiary/aromatic N) is 3. The molecule has 0 aliphatic rings. The summed E-state index contributed by atoms with van der Waals surface area (Å²) >= 11 is 0. The molecule has 0 radical (unpaired) electrons. The molecule has 0 bridgehead atoms. The van der Waals surface area contributed by atoms with E-state index < -0.39 is 10.0 Å². The standard InChI is InChI=1S/C12H13N3O3S/c1-15(12-13-8-3-9-14-12)19(16,17)11-6-4-10(18-2)5-7-11/h3-9H,1-2H3. The monoisotopic (exact) mass is 279 g/mol. The van der Waals surface area contributed by atoms with E-state index in [9.17, 15) is 8.42 Å². The lowest BCUT2D eigenvalue weighted by Gasteiger charge is -2.17. The van der Waals surface area contributed by atoms with Gasteiger partial charge in [0, 0.05) is 19.4 Å². The van der Waals surface area contributed by atoms with Gasteiger partial charge < -0.3 is 4.74 Å². The van der Waals surface area contributed by atoms with Crippen molar-refractivity contribution in [3.05, 3.63) is 42.7 Å². The first-order chi connectivity index (χ1) is 9.05. The Bertz CT molecular complexity index is 642. The van der Waals surface area contributed by atoms with Crippen LogP contribution < -0.4 is 9.04 Å². The number of ether oxygens (including phenoxy) is 1. The molecule has 2 aromatic rings. The second-order valence-corrected chi connectivity index (χ2v) is 5.67. The number of methoxy groups -OCH3 is 1. The molecular formula is C12H13N3O3S. The van der Waals surface area contributed by atoms with E-state index in [2.05, 4.69) is 9.97 Å². The van der Waals surface area contributed by atoms with Crippen LogP contribution in [0, 0.1) is 0 Å². The Balaban J connectivity index is 2.36. The Kier molecular flexibility index (Phi) is 3.66. The molecule has 19 heavy (non-hydrogen) atoms. The van der Waals surface area contributed by atoms with Crippen molar-refractivity contribution in [2.75, 3.05) is 18.5 Å². The number of sulfonamides is 1. The number of aromatic nitrogens is 2. The number of rotatable bonds is 4. The summed E-state index contributed by atoms with van der Waals surface area (Å²) in [5, 5.41) is 0. The van der Waals surface area contributed by atoms with Gasteiger partial charge in [0.1, 0.15) is 5.75 Å². The summed E-state index contributed by atoms with van der Waals surface area (Å²) in [7, 11) is -0.731. The fourth-order valence-corrected chi connectivity index (χ4v) is 2.57. The molecule has 6 nitrogen and oxygen atoms in total. The van der Waals surface area contributed by atoms with Gasteiger partial charge in [0.05, 0.1) is 12.0 Å². The first kappa shape index (κ1) is 13.3. The van der Waals surface area contributed by atoms with Gasteiger partial charge in [-0.25, -0.2) is 22.7 Å². The van der Waals surface area contributed by atoms with Crippen molar-refractivity contribution in [3.63, 3.8) is 0 Å². The predicted octanol–water partition coefficient (Wildman–Crippen LogP) is 1.31. The minimum Gasteiger partial charge on any atom is -0.497 e. The lowest BCUT2D eigenvalue weighted by Crippen LogP contribution is -2.28. The number of benzene rings is 1. The van der Waals surface area contributed by atoms with Crippen molar-refractivity contribution in [2.45, 2.75) is 4.90 Å². The summed E-state index contributed by atoms with van der Waals surface area (Å²) in [6, 6.07) is 7.76. The topological polar surface area (TPSA) is 72.4 Å². The van der Waals surface area contributed by atoms with Crippen LogP contribution >= 0.6 is 0 Å². The second kappa shape index (κ2) is 5.23. The Labute approximate surface area is 111 Å². The minimum atomic E-state index is -3.66. The number of anilines is 1. The molecule has 0 N–H and O–H groups in total. The van der Waals surface area contributed by atoms with Crippen LogP contribution in [0.2, 0.25) is 0 Å². The highest BCUT2D eigenvalue weighted by Crippen LogP contribution is 2.20. The molecule has 0 unspecified atom stereocenters. The van der Waals surface area contributed by atoms with Crippen LogP contribution in [-0.2, 0) is 10.0 Å². The van der Waals surface area contributed by atoms with Crippen molar-refractivity contribution in [1.29, 1.82) is 0 Å². The third-order valence-corrected chi connectivity index (χ3v) is 4.30. The molecule has 0 fully saturated rings. The third-order valence-electron chi connectivity index (χ3n) is 2.55. The van der Waals surface area contributed by atoms with Crippen LogP contribution in [0.3, 0.4) is 0 Å². The predicted molar refractivity (Wildman–Crippen MR) is 70.6 cm³/mol. The Hall–Kier alpha value is -2.15. The van der Waals surface area contributed by atoms with Crippen molar-refractivity contribution >= 4 is 16.0 Å². The van der Waals surface area contributed by atoms with E-state index >= 15 is 0 Å².